The van der Waals surface area contributed by atoms with Crippen LogP contribution in [0.4, 0.5) is 0 Å². The van der Waals surface area contributed by atoms with Gasteiger partial charge in [-0.05, 0) is 30.7 Å². The molecule has 0 saturated heterocycles. The number of benzene rings is 1. The summed E-state index contributed by atoms with van der Waals surface area (Å²) in [6.07, 6.45) is 0. The number of hydrogen-bond donors (Lipinski definition) is 1. The molecule has 1 aromatic carbocycles. The van der Waals surface area contributed by atoms with Gasteiger partial charge in [0.15, 0.2) is 0 Å². The molecule has 0 aliphatic carbocycles. The van der Waals surface area contributed by atoms with Crippen molar-refractivity contribution in [1.82, 2.24) is 0 Å². The van der Waals surface area contributed by atoms with Crippen molar-refractivity contribution in [1.29, 1.82) is 0 Å². The van der Waals surface area contributed by atoms with Crippen molar-refractivity contribution in [3.8, 4) is 5.75 Å². The molecule has 2 N–H and O–H groups in total. The zero-order valence-corrected chi connectivity index (χ0v) is 12.5. The highest BCUT2D eigenvalue weighted by Gasteiger charge is 2.27. The maximum absolute atomic E-state index is 6.51. The Labute approximate surface area is 112 Å². The van der Waals surface area contributed by atoms with E-state index in [4.69, 9.17) is 10.5 Å². The van der Waals surface area contributed by atoms with E-state index in [9.17, 15) is 0 Å². The third-order valence-corrected chi connectivity index (χ3v) is 3.70. The molecule has 0 fully saturated rings. The van der Waals surface area contributed by atoms with Crippen LogP contribution in [0.1, 0.15) is 44.9 Å². The monoisotopic (exact) mass is 249 g/mol. The predicted octanol–water partition coefficient (Wildman–Crippen LogP) is 3.93. The van der Waals surface area contributed by atoms with Crippen LogP contribution in [0, 0.1) is 24.7 Å². The Balaban J connectivity index is 3.15. The van der Waals surface area contributed by atoms with Gasteiger partial charge >= 0.3 is 0 Å². The lowest BCUT2D eigenvalue weighted by atomic mass is 9.77. The van der Waals surface area contributed by atoms with Crippen LogP contribution < -0.4 is 10.5 Å². The largest absolute Gasteiger partial charge is 0.496 e. The first kappa shape index (κ1) is 15.0. The van der Waals surface area contributed by atoms with Crippen LogP contribution in [0.25, 0.3) is 0 Å². The zero-order chi connectivity index (χ0) is 13.9. The summed E-state index contributed by atoms with van der Waals surface area (Å²) in [5.74, 6) is 2.48. The lowest BCUT2D eigenvalue weighted by Crippen LogP contribution is -2.30. The van der Waals surface area contributed by atoms with E-state index >= 15 is 0 Å². The van der Waals surface area contributed by atoms with Gasteiger partial charge < -0.3 is 10.5 Å². The lowest BCUT2D eigenvalue weighted by molar-refractivity contribution is 0.236. The molecule has 2 nitrogen and oxygen atoms in total. The highest BCUT2D eigenvalue weighted by atomic mass is 16.5. The SMILES string of the molecule is COc1ccc(C)cc1C(N)C(C(C)C)C(C)C. The Morgan fingerprint density at radius 3 is 2.06 bits per heavy atom. The number of ether oxygens (including phenoxy) is 1. The van der Waals surface area contributed by atoms with Crippen LogP contribution in [-0.4, -0.2) is 7.11 Å². The number of methoxy groups -OCH3 is 1. The Hall–Kier alpha value is -1.02. The van der Waals surface area contributed by atoms with Gasteiger partial charge in [0.25, 0.3) is 0 Å². The van der Waals surface area contributed by atoms with Crippen LogP contribution in [0.3, 0.4) is 0 Å². The van der Waals surface area contributed by atoms with Gasteiger partial charge in [0, 0.05) is 11.6 Å². The summed E-state index contributed by atoms with van der Waals surface area (Å²) in [6, 6.07) is 6.26. The second-order valence-corrected chi connectivity index (χ2v) is 5.84. The molecule has 0 saturated carbocycles. The van der Waals surface area contributed by atoms with Gasteiger partial charge in [-0.3, -0.25) is 0 Å². The normalized spacial score (nSPS) is 13.4. The molecule has 0 bridgehead atoms. The molecule has 102 valence electrons. The summed E-state index contributed by atoms with van der Waals surface area (Å²) < 4.78 is 5.45. The van der Waals surface area contributed by atoms with E-state index in [1.165, 1.54) is 5.56 Å². The van der Waals surface area contributed by atoms with Crippen molar-refractivity contribution >= 4 is 0 Å². The van der Waals surface area contributed by atoms with Gasteiger partial charge in [0.1, 0.15) is 5.75 Å². The van der Waals surface area contributed by atoms with Crippen LogP contribution in [0.15, 0.2) is 18.2 Å². The molecule has 0 aromatic heterocycles. The van der Waals surface area contributed by atoms with Crippen molar-refractivity contribution in [2.24, 2.45) is 23.5 Å². The number of hydrogen-bond acceptors (Lipinski definition) is 2. The second-order valence-electron chi connectivity index (χ2n) is 5.84. The molecule has 1 unspecified atom stereocenters. The second kappa shape index (κ2) is 6.24. The first-order chi connectivity index (χ1) is 8.38. The fourth-order valence-electron chi connectivity index (χ4n) is 2.92. The van der Waals surface area contributed by atoms with E-state index < -0.39 is 0 Å². The molecular weight excluding hydrogens is 222 g/mol. The number of nitrogens with two attached hydrogens (primary N) is 1. The molecule has 0 aliphatic heterocycles. The summed E-state index contributed by atoms with van der Waals surface area (Å²) in [5.41, 5.74) is 8.87. The fraction of sp³-hybridized carbons (Fsp3) is 0.625. The van der Waals surface area contributed by atoms with E-state index in [0.29, 0.717) is 17.8 Å². The molecule has 0 radical (unpaired) electrons. The molecule has 1 atom stereocenters. The smallest absolute Gasteiger partial charge is 0.123 e. The van der Waals surface area contributed by atoms with Crippen LogP contribution in [0.5, 0.6) is 5.75 Å². The maximum atomic E-state index is 6.51. The topological polar surface area (TPSA) is 35.2 Å². The van der Waals surface area contributed by atoms with E-state index in [-0.39, 0.29) is 6.04 Å². The number of aryl methyl sites for hydroxylation is 1. The first-order valence-corrected chi connectivity index (χ1v) is 6.78. The zero-order valence-electron chi connectivity index (χ0n) is 12.5. The summed E-state index contributed by atoms with van der Waals surface area (Å²) in [6.45, 7) is 11.1. The average Bonchev–Trinajstić information content (AvgIpc) is 2.27. The molecule has 0 heterocycles. The minimum absolute atomic E-state index is 0.0276. The van der Waals surface area contributed by atoms with Crippen molar-refractivity contribution in [2.75, 3.05) is 7.11 Å². The predicted molar refractivity (Wildman–Crippen MR) is 77.8 cm³/mol. The van der Waals surface area contributed by atoms with Crippen molar-refractivity contribution < 1.29 is 4.74 Å². The van der Waals surface area contributed by atoms with Gasteiger partial charge in [0.2, 0.25) is 0 Å². The van der Waals surface area contributed by atoms with Gasteiger partial charge in [-0.1, -0.05) is 45.4 Å². The highest BCUT2D eigenvalue weighted by Crippen LogP contribution is 2.36. The minimum Gasteiger partial charge on any atom is -0.496 e. The summed E-state index contributed by atoms with van der Waals surface area (Å²) >= 11 is 0. The van der Waals surface area contributed by atoms with Crippen LogP contribution in [-0.2, 0) is 0 Å². The Morgan fingerprint density at radius 2 is 1.61 bits per heavy atom. The van der Waals surface area contributed by atoms with Gasteiger partial charge in [-0.25, -0.2) is 0 Å². The standard InChI is InChI=1S/C16H27NO/c1-10(2)15(11(3)4)16(17)13-9-12(5)7-8-14(13)18-6/h7-11,15-16H,17H2,1-6H3. The summed E-state index contributed by atoms with van der Waals surface area (Å²) in [5, 5.41) is 0. The molecule has 2 heteroatoms. The molecule has 1 rings (SSSR count). The third-order valence-electron chi connectivity index (χ3n) is 3.70. The van der Waals surface area contributed by atoms with Crippen LogP contribution >= 0.6 is 0 Å². The van der Waals surface area contributed by atoms with Gasteiger partial charge in [-0.15, -0.1) is 0 Å². The molecule has 1 aromatic rings. The van der Waals surface area contributed by atoms with E-state index in [1.807, 2.05) is 6.07 Å². The quantitative estimate of drug-likeness (QED) is 0.858. The summed E-state index contributed by atoms with van der Waals surface area (Å²) in [4.78, 5) is 0. The van der Waals surface area contributed by atoms with E-state index in [1.54, 1.807) is 7.11 Å². The van der Waals surface area contributed by atoms with E-state index in [2.05, 4.69) is 46.8 Å². The molecular formula is C16H27NO. The first-order valence-electron chi connectivity index (χ1n) is 6.78. The molecule has 0 aliphatic rings. The lowest BCUT2D eigenvalue weighted by Gasteiger charge is -2.32. The van der Waals surface area contributed by atoms with E-state index in [0.717, 1.165) is 11.3 Å². The summed E-state index contributed by atoms with van der Waals surface area (Å²) in [7, 11) is 1.71. The Kier molecular flexibility index (Phi) is 5.21. The maximum Gasteiger partial charge on any atom is 0.123 e. The van der Waals surface area contributed by atoms with Crippen LogP contribution in [0.2, 0.25) is 0 Å². The average molecular weight is 249 g/mol. The molecule has 0 amide bonds. The third kappa shape index (κ3) is 3.26. The van der Waals surface area contributed by atoms with Crippen molar-refractivity contribution in [2.45, 2.75) is 40.7 Å². The van der Waals surface area contributed by atoms with Gasteiger partial charge in [-0.2, -0.15) is 0 Å². The minimum atomic E-state index is 0.0276. The Bertz CT molecular complexity index is 377. The molecule has 18 heavy (non-hydrogen) atoms. The Morgan fingerprint density at radius 1 is 1.06 bits per heavy atom. The van der Waals surface area contributed by atoms with Crippen molar-refractivity contribution in [3.63, 3.8) is 0 Å². The highest BCUT2D eigenvalue weighted by molar-refractivity contribution is 5.39. The number of rotatable bonds is 5. The van der Waals surface area contributed by atoms with Gasteiger partial charge in [0.05, 0.1) is 7.11 Å². The van der Waals surface area contributed by atoms with Crippen molar-refractivity contribution in [3.05, 3.63) is 29.3 Å². The molecule has 0 spiro atoms. The fourth-order valence-corrected chi connectivity index (χ4v) is 2.92.